The highest BCUT2D eigenvalue weighted by Crippen LogP contribution is 2.40. The normalized spacial score (nSPS) is 13.4. The van der Waals surface area contributed by atoms with Gasteiger partial charge < -0.3 is 10.6 Å². The Morgan fingerprint density at radius 2 is 1.86 bits per heavy atom. The molecule has 1 fully saturated rings. The van der Waals surface area contributed by atoms with Crippen LogP contribution in [0.5, 0.6) is 0 Å². The lowest BCUT2D eigenvalue weighted by Crippen LogP contribution is -2.33. The van der Waals surface area contributed by atoms with Crippen molar-refractivity contribution in [3.8, 4) is 0 Å². The van der Waals surface area contributed by atoms with Crippen LogP contribution >= 0.6 is 0 Å². The lowest BCUT2D eigenvalue weighted by Gasteiger charge is -2.12. The van der Waals surface area contributed by atoms with E-state index in [0.717, 1.165) is 46.3 Å². The smallest absolute Gasteiger partial charge is 0.252 e. The fraction of sp³-hybridized carbons (Fsp3) is 0.261. The van der Waals surface area contributed by atoms with Gasteiger partial charge in [0.05, 0.1) is 17.6 Å². The van der Waals surface area contributed by atoms with Crippen LogP contribution < -0.4 is 10.6 Å². The van der Waals surface area contributed by atoms with Gasteiger partial charge in [0.1, 0.15) is 0 Å². The lowest BCUT2D eigenvalue weighted by molar-refractivity contribution is -0.115. The van der Waals surface area contributed by atoms with Crippen molar-refractivity contribution in [1.29, 1.82) is 0 Å². The van der Waals surface area contributed by atoms with Gasteiger partial charge in [0.2, 0.25) is 5.91 Å². The summed E-state index contributed by atoms with van der Waals surface area (Å²) in [4.78, 5) is 29.8. The fourth-order valence-electron chi connectivity index (χ4n) is 3.31. The molecular weight excluding hydrogens is 350 g/mol. The zero-order chi connectivity index (χ0) is 19.7. The number of aryl methyl sites for hydroxylation is 1. The maximum Gasteiger partial charge on any atom is 0.252 e. The third-order valence-corrected chi connectivity index (χ3v) is 5.26. The molecule has 2 aromatic carbocycles. The molecule has 2 amide bonds. The first-order chi connectivity index (χ1) is 13.5. The Morgan fingerprint density at radius 3 is 2.64 bits per heavy atom. The van der Waals surface area contributed by atoms with Crippen molar-refractivity contribution >= 4 is 28.4 Å². The van der Waals surface area contributed by atoms with Gasteiger partial charge in [-0.3, -0.25) is 14.6 Å². The van der Waals surface area contributed by atoms with E-state index in [2.05, 4.69) is 10.6 Å². The number of pyridine rings is 1. The maximum atomic E-state index is 12.8. The minimum atomic E-state index is -0.253. The summed E-state index contributed by atoms with van der Waals surface area (Å²) >= 11 is 0. The number of hydrogen-bond donors (Lipinski definition) is 2. The molecule has 0 bridgehead atoms. The van der Waals surface area contributed by atoms with E-state index in [-0.39, 0.29) is 18.4 Å². The van der Waals surface area contributed by atoms with Gasteiger partial charge in [0.15, 0.2) is 0 Å². The maximum absolute atomic E-state index is 12.8. The van der Waals surface area contributed by atoms with Crippen molar-refractivity contribution in [2.45, 2.75) is 32.6 Å². The second-order valence-electron chi connectivity index (χ2n) is 7.36. The summed E-state index contributed by atoms with van der Waals surface area (Å²) in [6, 6.07) is 15.3. The predicted octanol–water partition coefficient (Wildman–Crippen LogP) is 4.10. The molecule has 5 heteroatoms. The molecule has 1 aliphatic rings. The Labute approximate surface area is 164 Å². The molecule has 4 rings (SSSR count). The minimum absolute atomic E-state index is 0.0817. The molecule has 1 aliphatic carbocycles. The lowest BCUT2D eigenvalue weighted by atomic mass is 10.1. The number of rotatable bonds is 5. The topological polar surface area (TPSA) is 71.1 Å². The summed E-state index contributed by atoms with van der Waals surface area (Å²) in [6.07, 6.45) is 2.23. The average Bonchev–Trinajstić information content (AvgIpc) is 3.54. The van der Waals surface area contributed by atoms with Crippen LogP contribution in [0.15, 0.2) is 48.5 Å². The Hall–Kier alpha value is -3.21. The van der Waals surface area contributed by atoms with Gasteiger partial charge in [-0.1, -0.05) is 30.3 Å². The van der Waals surface area contributed by atoms with Crippen LogP contribution in [0.1, 0.15) is 45.9 Å². The van der Waals surface area contributed by atoms with Crippen molar-refractivity contribution in [2.75, 3.05) is 11.9 Å². The van der Waals surface area contributed by atoms with E-state index < -0.39 is 0 Å². The van der Waals surface area contributed by atoms with Crippen LogP contribution in [-0.2, 0) is 4.79 Å². The first-order valence-electron chi connectivity index (χ1n) is 9.57. The molecule has 0 aliphatic heterocycles. The van der Waals surface area contributed by atoms with Gasteiger partial charge in [-0.05, 0) is 56.0 Å². The third-order valence-electron chi connectivity index (χ3n) is 5.26. The number of para-hydroxylation sites is 1. The molecule has 0 unspecified atom stereocenters. The Balaban J connectivity index is 1.49. The standard InChI is InChI=1S/C23H23N3O2/c1-14-6-5-9-19(15(14)2)26-22(27)13-24-23(28)18-12-21(16-10-11-16)25-20-8-4-3-7-17(18)20/h3-9,12,16H,10-11,13H2,1-2H3,(H,24,28)(H,26,27). The molecule has 5 nitrogen and oxygen atoms in total. The van der Waals surface area contributed by atoms with Crippen LogP contribution in [0.25, 0.3) is 10.9 Å². The van der Waals surface area contributed by atoms with Gasteiger partial charge in [-0.25, -0.2) is 0 Å². The van der Waals surface area contributed by atoms with Gasteiger partial charge in [-0.2, -0.15) is 0 Å². The number of carbonyl (C=O) groups excluding carboxylic acids is 2. The number of carbonyl (C=O) groups is 2. The van der Waals surface area contributed by atoms with Crippen LogP contribution in [0.2, 0.25) is 0 Å². The number of amides is 2. The Bertz CT molecular complexity index is 1070. The van der Waals surface area contributed by atoms with Crippen LogP contribution in [0.3, 0.4) is 0 Å². The molecule has 1 heterocycles. The van der Waals surface area contributed by atoms with Gasteiger partial charge in [-0.15, -0.1) is 0 Å². The molecule has 1 aromatic heterocycles. The van der Waals surface area contributed by atoms with Gasteiger partial charge in [0.25, 0.3) is 5.91 Å². The molecule has 0 radical (unpaired) electrons. The summed E-state index contributed by atoms with van der Waals surface area (Å²) in [5.41, 5.74) is 5.26. The fourth-order valence-corrected chi connectivity index (χ4v) is 3.31. The number of aromatic nitrogens is 1. The largest absolute Gasteiger partial charge is 0.343 e. The molecule has 142 valence electrons. The van der Waals surface area contributed by atoms with Crippen LogP contribution in [0.4, 0.5) is 5.69 Å². The van der Waals surface area contributed by atoms with E-state index >= 15 is 0 Å². The SMILES string of the molecule is Cc1cccc(NC(=O)CNC(=O)c2cc(C3CC3)nc3ccccc23)c1C. The Morgan fingerprint density at radius 1 is 1.07 bits per heavy atom. The highest BCUT2D eigenvalue weighted by molar-refractivity contribution is 6.07. The van der Waals surface area contributed by atoms with Gasteiger partial charge in [0, 0.05) is 22.7 Å². The number of fused-ring (bicyclic) bond motifs is 1. The monoisotopic (exact) mass is 373 g/mol. The third kappa shape index (κ3) is 3.74. The number of benzene rings is 2. The van der Waals surface area contributed by atoms with E-state index in [1.807, 2.05) is 62.4 Å². The van der Waals surface area contributed by atoms with E-state index in [4.69, 9.17) is 4.98 Å². The second kappa shape index (κ2) is 7.43. The average molecular weight is 373 g/mol. The first-order valence-corrected chi connectivity index (χ1v) is 9.57. The number of hydrogen-bond acceptors (Lipinski definition) is 3. The number of nitrogens with one attached hydrogen (secondary N) is 2. The van der Waals surface area contributed by atoms with Gasteiger partial charge >= 0.3 is 0 Å². The highest BCUT2D eigenvalue weighted by atomic mass is 16.2. The molecule has 0 atom stereocenters. The summed E-state index contributed by atoms with van der Waals surface area (Å²) in [5.74, 6) is -0.0526. The van der Waals surface area contributed by atoms with Crippen molar-refractivity contribution in [3.63, 3.8) is 0 Å². The number of nitrogens with zero attached hydrogens (tertiary/aromatic N) is 1. The zero-order valence-corrected chi connectivity index (χ0v) is 16.1. The quantitative estimate of drug-likeness (QED) is 0.707. The molecule has 28 heavy (non-hydrogen) atoms. The van der Waals surface area contributed by atoms with E-state index in [0.29, 0.717) is 11.5 Å². The van der Waals surface area contributed by atoms with Crippen molar-refractivity contribution in [3.05, 3.63) is 70.9 Å². The van der Waals surface area contributed by atoms with Crippen molar-refractivity contribution in [2.24, 2.45) is 0 Å². The summed E-state index contributed by atoms with van der Waals surface area (Å²) in [5, 5.41) is 6.43. The minimum Gasteiger partial charge on any atom is -0.343 e. The molecule has 2 N–H and O–H groups in total. The highest BCUT2D eigenvalue weighted by Gasteiger charge is 2.27. The molecular formula is C23H23N3O2. The number of anilines is 1. The van der Waals surface area contributed by atoms with E-state index in [9.17, 15) is 9.59 Å². The van der Waals surface area contributed by atoms with E-state index in [1.165, 1.54) is 0 Å². The van der Waals surface area contributed by atoms with Crippen molar-refractivity contribution in [1.82, 2.24) is 10.3 Å². The van der Waals surface area contributed by atoms with Crippen molar-refractivity contribution < 1.29 is 9.59 Å². The molecule has 3 aromatic rings. The summed E-state index contributed by atoms with van der Waals surface area (Å²) in [6.45, 7) is 3.88. The molecule has 0 saturated heterocycles. The van der Waals surface area contributed by atoms with Crippen LogP contribution in [-0.4, -0.2) is 23.3 Å². The zero-order valence-electron chi connectivity index (χ0n) is 16.1. The Kier molecular flexibility index (Phi) is 4.82. The first kappa shape index (κ1) is 18.2. The van der Waals surface area contributed by atoms with E-state index in [1.54, 1.807) is 0 Å². The predicted molar refractivity (Wildman–Crippen MR) is 111 cm³/mol. The molecule has 1 saturated carbocycles. The second-order valence-corrected chi connectivity index (χ2v) is 7.36. The summed E-state index contributed by atoms with van der Waals surface area (Å²) in [7, 11) is 0. The summed E-state index contributed by atoms with van der Waals surface area (Å²) < 4.78 is 0. The molecule has 0 spiro atoms. The van der Waals surface area contributed by atoms with Crippen LogP contribution in [0, 0.1) is 13.8 Å².